The Morgan fingerprint density at radius 2 is 1.43 bits per heavy atom. The molecule has 3 aromatic carbocycles. The summed E-state index contributed by atoms with van der Waals surface area (Å²) in [6.45, 7) is 10.3. The lowest BCUT2D eigenvalue weighted by Crippen LogP contribution is -2.54. The fourth-order valence-corrected chi connectivity index (χ4v) is 4.26. The summed E-state index contributed by atoms with van der Waals surface area (Å²) in [4.78, 5) is 29.0. The first-order valence-corrected chi connectivity index (χ1v) is 13.0. The predicted octanol–water partition coefficient (Wildman–Crippen LogP) is 6.44. The predicted molar refractivity (Wildman–Crippen MR) is 148 cm³/mol. The van der Waals surface area contributed by atoms with E-state index in [1.165, 1.54) is 17.7 Å². The fraction of sp³-hybridized carbons (Fsp3) is 0.375. The third-order valence-electron chi connectivity index (χ3n) is 6.31. The second kappa shape index (κ2) is 12.7. The normalized spacial score (nSPS) is 12.3. The third-order valence-corrected chi connectivity index (χ3v) is 6.31. The molecule has 0 saturated heterocycles. The molecule has 5 heteroatoms. The average molecular weight is 503 g/mol. The third kappa shape index (κ3) is 8.85. The molecule has 0 aliphatic rings. The van der Waals surface area contributed by atoms with Crippen LogP contribution in [-0.4, -0.2) is 28.3 Å². The van der Waals surface area contributed by atoms with E-state index in [4.69, 9.17) is 0 Å². The van der Waals surface area contributed by atoms with E-state index in [1.54, 1.807) is 17.0 Å². The van der Waals surface area contributed by atoms with Gasteiger partial charge in [0.05, 0.1) is 0 Å². The Morgan fingerprint density at radius 1 is 0.838 bits per heavy atom. The number of carbonyl (C=O) groups excluding carboxylic acids is 2. The molecule has 0 saturated carbocycles. The van der Waals surface area contributed by atoms with Crippen molar-refractivity contribution in [2.24, 2.45) is 0 Å². The minimum Gasteiger partial charge on any atom is -0.350 e. The zero-order valence-corrected chi connectivity index (χ0v) is 22.6. The maximum atomic E-state index is 13.7. The fourth-order valence-electron chi connectivity index (χ4n) is 4.26. The molecule has 0 radical (unpaired) electrons. The molecule has 0 aromatic heterocycles. The molecule has 0 aliphatic carbocycles. The van der Waals surface area contributed by atoms with Crippen LogP contribution in [-0.2, 0) is 29.0 Å². The Hall–Kier alpha value is -3.47. The van der Waals surface area contributed by atoms with Crippen molar-refractivity contribution in [1.82, 2.24) is 10.2 Å². The average Bonchev–Trinajstić information content (AvgIpc) is 2.85. The van der Waals surface area contributed by atoms with E-state index >= 15 is 0 Å². The molecule has 4 nitrogen and oxygen atoms in total. The van der Waals surface area contributed by atoms with Crippen molar-refractivity contribution in [2.75, 3.05) is 0 Å². The monoisotopic (exact) mass is 502 g/mol. The van der Waals surface area contributed by atoms with Gasteiger partial charge in [-0.2, -0.15) is 0 Å². The van der Waals surface area contributed by atoms with Gasteiger partial charge in [-0.3, -0.25) is 9.59 Å². The molecule has 1 N–H and O–H groups in total. The Kier molecular flexibility index (Phi) is 9.62. The molecule has 196 valence electrons. The van der Waals surface area contributed by atoms with Crippen molar-refractivity contribution >= 4 is 11.8 Å². The van der Waals surface area contributed by atoms with Crippen LogP contribution in [0.1, 0.15) is 69.2 Å². The van der Waals surface area contributed by atoms with Crippen molar-refractivity contribution < 1.29 is 14.0 Å². The van der Waals surface area contributed by atoms with Gasteiger partial charge in [0.2, 0.25) is 11.8 Å². The lowest BCUT2D eigenvalue weighted by molar-refractivity contribution is -0.141. The summed E-state index contributed by atoms with van der Waals surface area (Å²) in [6.07, 6.45) is 1.24. The highest BCUT2D eigenvalue weighted by molar-refractivity contribution is 5.88. The summed E-state index contributed by atoms with van der Waals surface area (Å²) in [6, 6.07) is 23.5. The van der Waals surface area contributed by atoms with Crippen LogP contribution in [0.15, 0.2) is 78.9 Å². The molecule has 0 fully saturated rings. The van der Waals surface area contributed by atoms with Crippen LogP contribution in [0.5, 0.6) is 0 Å². The van der Waals surface area contributed by atoms with Gasteiger partial charge in [0, 0.05) is 24.9 Å². The van der Waals surface area contributed by atoms with Crippen molar-refractivity contribution in [3.05, 3.63) is 107 Å². The van der Waals surface area contributed by atoms with Crippen LogP contribution in [0.3, 0.4) is 0 Å². The van der Waals surface area contributed by atoms with E-state index in [9.17, 15) is 14.0 Å². The molecule has 0 heterocycles. The van der Waals surface area contributed by atoms with Crippen LogP contribution in [0.4, 0.5) is 4.39 Å². The standard InChI is InChI=1S/C32H39FN2O2/c1-23(2)27-16-11-24(12-17-27)15-20-30(36)35(22-26-13-18-28(33)19-14-26)29(31(37)34-32(3,4)5)21-25-9-7-6-8-10-25/h6-14,16-19,23,29H,15,20-22H2,1-5H3,(H,34,37). The Balaban J connectivity index is 1.89. The van der Waals surface area contributed by atoms with E-state index in [-0.39, 0.29) is 30.6 Å². The van der Waals surface area contributed by atoms with E-state index in [0.29, 0.717) is 18.8 Å². The largest absolute Gasteiger partial charge is 0.350 e. The van der Waals surface area contributed by atoms with Crippen molar-refractivity contribution in [3.8, 4) is 0 Å². The molecule has 0 aliphatic heterocycles. The highest BCUT2D eigenvalue weighted by Crippen LogP contribution is 2.19. The summed E-state index contributed by atoms with van der Waals surface area (Å²) in [7, 11) is 0. The number of hydrogen-bond acceptors (Lipinski definition) is 2. The maximum absolute atomic E-state index is 13.7. The van der Waals surface area contributed by atoms with Crippen molar-refractivity contribution in [3.63, 3.8) is 0 Å². The number of halogens is 1. The molecule has 37 heavy (non-hydrogen) atoms. The summed E-state index contributed by atoms with van der Waals surface area (Å²) in [5.74, 6) is -0.199. The Labute approximate surface area is 220 Å². The van der Waals surface area contributed by atoms with Gasteiger partial charge in [-0.15, -0.1) is 0 Å². The number of carbonyl (C=O) groups is 2. The quantitative estimate of drug-likeness (QED) is 0.347. The number of aryl methyl sites for hydroxylation is 1. The van der Waals surface area contributed by atoms with Crippen molar-refractivity contribution in [1.29, 1.82) is 0 Å². The maximum Gasteiger partial charge on any atom is 0.243 e. The van der Waals surface area contributed by atoms with Crippen LogP contribution in [0.25, 0.3) is 0 Å². The van der Waals surface area contributed by atoms with Crippen LogP contribution in [0.2, 0.25) is 0 Å². The first-order chi connectivity index (χ1) is 17.5. The number of amides is 2. The van der Waals surface area contributed by atoms with E-state index in [2.05, 4.69) is 43.4 Å². The number of rotatable bonds is 10. The topological polar surface area (TPSA) is 49.4 Å². The Morgan fingerprint density at radius 3 is 2.00 bits per heavy atom. The lowest BCUT2D eigenvalue weighted by Gasteiger charge is -2.34. The zero-order valence-electron chi connectivity index (χ0n) is 22.6. The van der Waals surface area contributed by atoms with Gasteiger partial charge in [0.1, 0.15) is 11.9 Å². The second-order valence-electron chi connectivity index (χ2n) is 11.0. The lowest BCUT2D eigenvalue weighted by atomic mass is 9.98. The van der Waals surface area contributed by atoms with Crippen LogP contribution >= 0.6 is 0 Å². The van der Waals surface area contributed by atoms with Gasteiger partial charge >= 0.3 is 0 Å². The summed E-state index contributed by atoms with van der Waals surface area (Å²) in [5, 5.41) is 3.07. The number of nitrogens with zero attached hydrogens (tertiary/aromatic N) is 1. The van der Waals surface area contributed by atoms with Gasteiger partial charge < -0.3 is 10.2 Å². The van der Waals surface area contributed by atoms with Crippen molar-refractivity contribution in [2.45, 2.75) is 77.9 Å². The Bertz CT molecular complexity index is 1150. The number of nitrogens with one attached hydrogen (secondary N) is 1. The van der Waals surface area contributed by atoms with Gasteiger partial charge in [0.15, 0.2) is 0 Å². The molecule has 3 aromatic rings. The minimum absolute atomic E-state index is 0.109. The number of benzene rings is 3. The molecular weight excluding hydrogens is 463 g/mol. The highest BCUT2D eigenvalue weighted by atomic mass is 19.1. The highest BCUT2D eigenvalue weighted by Gasteiger charge is 2.32. The molecule has 1 atom stereocenters. The van der Waals surface area contributed by atoms with E-state index in [1.807, 2.05) is 51.1 Å². The molecule has 0 bridgehead atoms. The van der Waals surface area contributed by atoms with Gasteiger partial charge in [-0.25, -0.2) is 4.39 Å². The smallest absolute Gasteiger partial charge is 0.243 e. The van der Waals surface area contributed by atoms with Gasteiger partial charge in [-0.1, -0.05) is 80.6 Å². The van der Waals surface area contributed by atoms with Gasteiger partial charge in [-0.05, 0) is 67.5 Å². The van der Waals surface area contributed by atoms with Crippen LogP contribution in [0, 0.1) is 5.82 Å². The van der Waals surface area contributed by atoms with Crippen LogP contribution < -0.4 is 5.32 Å². The second-order valence-corrected chi connectivity index (χ2v) is 11.0. The van der Waals surface area contributed by atoms with Gasteiger partial charge in [0.25, 0.3) is 0 Å². The van der Waals surface area contributed by atoms with E-state index in [0.717, 1.165) is 16.7 Å². The zero-order chi connectivity index (χ0) is 27.0. The number of hydrogen-bond donors (Lipinski definition) is 1. The first kappa shape index (κ1) is 28.1. The molecule has 3 rings (SSSR count). The summed E-state index contributed by atoms with van der Waals surface area (Å²) < 4.78 is 13.6. The first-order valence-electron chi connectivity index (χ1n) is 13.0. The molecule has 0 spiro atoms. The molecule has 1 unspecified atom stereocenters. The summed E-state index contributed by atoms with van der Waals surface area (Å²) in [5.41, 5.74) is 3.64. The minimum atomic E-state index is -0.706. The SMILES string of the molecule is CC(C)c1ccc(CCC(=O)N(Cc2ccc(F)cc2)C(Cc2ccccc2)C(=O)NC(C)(C)C)cc1. The molecule has 2 amide bonds. The molecular formula is C32H39FN2O2. The summed E-state index contributed by atoms with van der Waals surface area (Å²) >= 11 is 0. The van der Waals surface area contributed by atoms with E-state index < -0.39 is 11.6 Å².